The van der Waals surface area contributed by atoms with Crippen molar-refractivity contribution in [3.63, 3.8) is 0 Å². The maximum atomic E-state index is 4.17. The first-order valence-corrected chi connectivity index (χ1v) is 20.6. The summed E-state index contributed by atoms with van der Waals surface area (Å²) in [6.07, 6.45) is 21.0. The lowest BCUT2D eigenvalue weighted by molar-refractivity contribution is 0.621. The van der Waals surface area contributed by atoms with Gasteiger partial charge >= 0.3 is 0 Å². The minimum atomic E-state index is -0.505. The number of allylic oxidation sites excluding steroid dienone is 12. The molecule has 0 aliphatic heterocycles. The molecular formula is C58H55N. The van der Waals surface area contributed by atoms with Crippen LogP contribution in [0.25, 0.3) is 22.3 Å². The normalized spacial score (nSPS) is 13.4. The fourth-order valence-electron chi connectivity index (χ4n) is 8.06. The van der Waals surface area contributed by atoms with Gasteiger partial charge in [0.1, 0.15) is 0 Å². The van der Waals surface area contributed by atoms with Gasteiger partial charge in [0.15, 0.2) is 0 Å². The van der Waals surface area contributed by atoms with Gasteiger partial charge in [-0.2, -0.15) is 0 Å². The predicted molar refractivity (Wildman–Crippen MR) is 256 cm³/mol. The molecule has 2 aliphatic carbocycles. The lowest BCUT2D eigenvalue weighted by Gasteiger charge is -2.39. The quantitative estimate of drug-likeness (QED) is 0.112. The van der Waals surface area contributed by atoms with Gasteiger partial charge in [-0.25, -0.2) is 0 Å². The molecular weight excluding hydrogens is 711 g/mol. The van der Waals surface area contributed by atoms with Crippen LogP contribution in [0.1, 0.15) is 48.1 Å². The van der Waals surface area contributed by atoms with Crippen molar-refractivity contribution in [3.8, 4) is 11.1 Å². The molecule has 1 heteroatoms. The molecule has 0 N–H and O–H groups in total. The van der Waals surface area contributed by atoms with E-state index in [0.717, 1.165) is 24.0 Å². The van der Waals surface area contributed by atoms with E-state index in [0.29, 0.717) is 0 Å². The number of benzene rings is 6. The lowest BCUT2D eigenvalue weighted by atomic mass is 9.63. The zero-order valence-electron chi connectivity index (χ0n) is 34.7. The molecule has 59 heavy (non-hydrogen) atoms. The van der Waals surface area contributed by atoms with E-state index in [1.165, 1.54) is 55.7 Å². The van der Waals surface area contributed by atoms with Gasteiger partial charge in [0.2, 0.25) is 0 Å². The van der Waals surface area contributed by atoms with Crippen molar-refractivity contribution >= 4 is 11.1 Å². The Kier molecular flexibility index (Phi) is 14.8. The SMILES string of the molecule is C=C/C=C(\C=C/N(C)/C=C\C(=C/C=C)C(C1=CC2=C(C1)Cc1ccccc12)(c1ccccc1)c1ccccc1)c1ccccc1.CC.c1ccc(-c2ccccc2)cc1. The molecule has 0 atom stereocenters. The predicted octanol–water partition coefficient (Wildman–Crippen LogP) is 15.0. The molecule has 0 fully saturated rings. The van der Waals surface area contributed by atoms with Crippen LogP contribution in [-0.4, -0.2) is 11.9 Å². The highest BCUT2D eigenvalue weighted by Gasteiger charge is 2.43. The molecule has 0 unspecified atom stereocenters. The zero-order valence-corrected chi connectivity index (χ0v) is 34.7. The molecule has 6 aromatic carbocycles. The minimum Gasteiger partial charge on any atom is -0.357 e. The van der Waals surface area contributed by atoms with E-state index in [1.807, 2.05) is 50.3 Å². The van der Waals surface area contributed by atoms with Crippen LogP contribution < -0.4 is 0 Å². The molecule has 0 heterocycles. The molecule has 0 spiro atoms. The molecule has 292 valence electrons. The maximum Gasteiger partial charge on any atom is 0.0668 e. The Morgan fingerprint density at radius 2 is 1.02 bits per heavy atom. The summed E-state index contributed by atoms with van der Waals surface area (Å²) in [6.45, 7) is 12.1. The second-order valence-corrected chi connectivity index (χ2v) is 14.3. The minimum absolute atomic E-state index is 0.505. The number of hydrogen-bond donors (Lipinski definition) is 0. The fraction of sp³-hybridized carbons (Fsp3) is 0.103. The molecule has 0 saturated heterocycles. The molecule has 0 radical (unpaired) electrons. The van der Waals surface area contributed by atoms with E-state index < -0.39 is 5.41 Å². The van der Waals surface area contributed by atoms with E-state index in [4.69, 9.17) is 0 Å². The lowest BCUT2D eigenvalue weighted by Crippen LogP contribution is -2.32. The van der Waals surface area contributed by atoms with Crippen LogP contribution in [0.2, 0.25) is 0 Å². The average Bonchev–Trinajstić information content (AvgIpc) is 3.88. The van der Waals surface area contributed by atoms with E-state index in [2.05, 4.69) is 220 Å². The van der Waals surface area contributed by atoms with Crippen molar-refractivity contribution in [1.29, 1.82) is 0 Å². The van der Waals surface area contributed by atoms with Crippen LogP contribution in [0.5, 0.6) is 0 Å². The summed E-state index contributed by atoms with van der Waals surface area (Å²) >= 11 is 0. The first-order valence-electron chi connectivity index (χ1n) is 20.6. The van der Waals surface area contributed by atoms with Crippen molar-refractivity contribution in [2.45, 2.75) is 32.1 Å². The van der Waals surface area contributed by atoms with Crippen LogP contribution in [0.15, 0.2) is 261 Å². The topological polar surface area (TPSA) is 3.24 Å². The highest BCUT2D eigenvalue weighted by Crippen LogP contribution is 2.53. The third kappa shape index (κ3) is 9.78. The highest BCUT2D eigenvalue weighted by molar-refractivity contribution is 5.88. The first kappa shape index (κ1) is 41.7. The maximum absolute atomic E-state index is 4.17. The molecule has 0 amide bonds. The van der Waals surface area contributed by atoms with Gasteiger partial charge in [-0.3, -0.25) is 0 Å². The first-order chi connectivity index (χ1) is 29.1. The van der Waals surface area contributed by atoms with Gasteiger partial charge in [0, 0.05) is 19.4 Å². The van der Waals surface area contributed by atoms with Gasteiger partial charge in [0.05, 0.1) is 5.41 Å². The van der Waals surface area contributed by atoms with Gasteiger partial charge in [-0.1, -0.05) is 239 Å². The van der Waals surface area contributed by atoms with Crippen molar-refractivity contribution in [3.05, 3.63) is 289 Å². The second kappa shape index (κ2) is 21.0. The van der Waals surface area contributed by atoms with Crippen molar-refractivity contribution in [1.82, 2.24) is 4.90 Å². The fourth-order valence-corrected chi connectivity index (χ4v) is 8.06. The van der Waals surface area contributed by atoms with E-state index in [-0.39, 0.29) is 0 Å². The van der Waals surface area contributed by atoms with E-state index in [1.54, 1.807) is 0 Å². The summed E-state index contributed by atoms with van der Waals surface area (Å²) in [7, 11) is 2.07. The van der Waals surface area contributed by atoms with Crippen LogP contribution >= 0.6 is 0 Å². The Hall–Kier alpha value is -6.96. The summed E-state index contributed by atoms with van der Waals surface area (Å²) < 4.78 is 0. The Morgan fingerprint density at radius 3 is 1.56 bits per heavy atom. The van der Waals surface area contributed by atoms with Crippen molar-refractivity contribution in [2.24, 2.45) is 0 Å². The smallest absolute Gasteiger partial charge is 0.0668 e. The number of fused-ring (bicyclic) bond motifs is 2. The molecule has 6 aromatic rings. The average molecular weight is 766 g/mol. The highest BCUT2D eigenvalue weighted by atomic mass is 15.0. The summed E-state index contributed by atoms with van der Waals surface area (Å²) in [4.78, 5) is 2.11. The zero-order chi connectivity index (χ0) is 41.3. The summed E-state index contributed by atoms with van der Waals surface area (Å²) in [5.74, 6) is 0. The molecule has 0 bridgehead atoms. The number of hydrogen-bond acceptors (Lipinski definition) is 1. The van der Waals surface area contributed by atoms with Crippen LogP contribution in [0, 0.1) is 0 Å². The molecule has 8 rings (SSSR count). The molecule has 0 saturated carbocycles. The summed E-state index contributed by atoms with van der Waals surface area (Å²) in [5.41, 5.74) is 15.0. The Balaban J connectivity index is 0.000000353. The van der Waals surface area contributed by atoms with E-state index >= 15 is 0 Å². The van der Waals surface area contributed by atoms with Crippen LogP contribution in [0.3, 0.4) is 0 Å². The second-order valence-electron chi connectivity index (χ2n) is 14.3. The summed E-state index contributed by atoms with van der Waals surface area (Å²) in [5, 5.41) is 0. The third-order valence-corrected chi connectivity index (χ3v) is 10.7. The summed E-state index contributed by atoms with van der Waals surface area (Å²) in [6, 6.07) is 61.9. The van der Waals surface area contributed by atoms with Gasteiger partial charge < -0.3 is 4.90 Å². The van der Waals surface area contributed by atoms with Crippen LogP contribution in [-0.2, 0) is 11.8 Å². The molecule has 1 nitrogen and oxygen atoms in total. The standard InChI is InChI=1S/C44H39N.C12H10.C2H6/c1-4-17-34(35-19-9-6-10-20-35)27-29-45(3)30-28-38(18-5-2)44(39-22-11-7-12-23-39,40-24-13-8-14-25-40)41-32-37-31-36-21-15-16-26-42(36)43(37)33-41;1-3-7-11(8-4-1)12-9-5-2-6-10-12;1-2/h4-30,33H,1-2,31-32H2,3H3;1-10H;1-2H3/b29-27-,30-28-,34-17+,38-18+;;. The molecule has 0 aromatic heterocycles. The number of rotatable bonds is 12. The Bertz CT molecular complexity index is 2380. The third-order valence-electron chi connectivity index (χ3n) is 10.7. The number of nitrogens with zero attached hydrogens (tertiary/aromatic N) is 1. The molecule has 2 aliphatic rings. The van der Waals surface area contributed by atoms with Crippen LogP contribution in [0.4, 0.5) is 0 Å². The largest absolute Gasteiger partial charge is 0.357 e. The van der Waals surface area contributed by atoms with Crippen molar-refractivity contribution < 1.29 is 0 Å². The Labute approximate surface area is 353 Å². The Morgan fingerprint density at radius 1 is 0.542 bits per heavy atom. The van der Waals surface area contributed by atoms with Gasteiger partial charge in [-0.05, 0) is 86.2 Å². The van der Waals surface area contributed by atoms with Gasteiger partial charge in [-0.15, -0.1) is 0 Å². The van der Waals surface area contributed by atoms with Crippen molar-refractivity contribution in [2.75, 3.05) is 7.05 Å². The van der Waals surface area contributed by atoms with E-state index in [9.17, 15) is 0 Å². The monoisotopic (exact) mass is 765 g/mol. The van der Waals surface area contributed by atoms with Gasteiger partial charge in [0.25, 0.3) is 0 Å².